The van der Waals surface area contributed by atoms with Gasteiger partial charge in [0.1, 0.15) is 17.1 Å². The quantitative estimate of drug-likeness (QED) is 0.718. The largest absolute Gasteiger partial charge is 0.497 e. The van der Waals surface area contributed by atoms with Gasteiger partial charge in [-0.25, -0.2) is 4.79 Å². The smallest absolute Gasteiger partial charge is 0.337 e. The lowest BCUT2D eigenvalue weighted by atomic mass is 10.1. The molecule has 1 N–H and O–H groups in total. The topological polar surface area (TPSA) is 77.8 Å². The number of nitrogens with one attached hydrogen (secondary N) is 1. The van der Waals surface area contributed by atoms with Crippen LogP contribution in [0.4, 0.5) is 5.69 Å². The predicted molar refractivity (Wildman–Crippen MR) is 95.0 cm³/mol. The van der Waals surface area contributed by atoms with Gasteiger partial charge in [-0.1, -0.05) is 11.6 Å². The van der Waals surface area contributed by atoms with Crippen molar-refractivity contribution < 1.29 is 18.7 Å². The molecule has 25 heavy (non-hydrogen) atoms. The van der Waals surface area contributed by atoms with Crippen molar-refractivity contribution in [1.82, 2.24) is 0 Å². The summed E-state index contributed by atoms with van der Waals surface area (Å²) in [5, 5.41) is 3.52. The number of fused-ring (bicyclic) bond motifs is 1. The van der Waals surface area contributed by atoms with Crippen molar-refractivity contribution in [2.24, 2.45) is 0 Å². The van der Waals surface area contributed by atoms with Crippen molar-refractivity contribution in [3.05, 3.63) is 63.5 Å². The summed E-state index contributed by atoms with van der Waals surface area (Å²) in [5.74, 6) is 0.573. The Balaban J connectivity index is 2.04. The Morgan fingerprint density at radius 1 is 1.04 bits per heavy atom. The van der Waals surface area contributed by atoms with E-state index in [0.717, 1.165) is 6.07 Å². The lowest BCUT2D eigenvalue weighted by Gasteiger charge is -2.10. The number of benzene rings is 2. The highest BCUT2D eigenvalue weighted by Crippen LogP contribution is 2.28. The van der Waals surface area contributed by atoms with Gasteiger partial charge in [-0.15, -0.1) is 0 Å². The van der Waals surface area contributed by atoms with Crippen LogP contribution in [0.15, 0.2) is 51.7 Å². The van der Waals surface area contributed by atoms with E-state index >= 15 is 0 Å². The van der Waals surface area contributed by atoms with Gasteiger partial charge in [0.2, 0.25) is 0 Å². The van der Waals surface area contributed by atoms with Gasteiger partial charge in [-0.2, -0.15) is 0 Å². The molecule has 6 nitrogen and oxygen atoms in total. The number of rotatable bonds is 4. The lowest BCUT2D eigenvalue weighted by Crippen LogP contribution is -2.15. The second-order valence-electron chi connectivity index (χ2n) is 5.14. The average Bonchev–Trinajstić information content (AvgIpc) is 2.62. The van der Waals surface area contributed by atoms with E-state index < -0.39 is 11.5 Å². The molecule has 0 aliphatic rings. The SMILES string of the molecule is COc1ccc(Cl)c(NC(=O)c2cc(=O)oc3cc(OC)ccc23)c1. The molecule has 1 aromatic heterocycles. The van der Waals surface area contributed by atoms with Crippen LogP contribution in [0, 0.1) is 0 Å². The van der Waals surface area contributed by atoms with E-state index in [2.05, 4.69) is 5.32 Å². The Morgan fingerprint density at radius 2 is 1.72 bits per heavy atom. The number of amides is 1. The van der Waals surface area contributed by atoms with Crippen LogP contribution in [0.2, 0.25) is 5.02 Å². The molecule has 2 aromatic carbocycles. The molecule has 3 rings (SSSR count). The molecule has 0 bridgehead atoms. The zero-order valence-electron chi connectivity index (χ0n) is 13.5. The standard InChI is InChI=1S/C18H14ClNO5/c1-23-10-4-6-14(19)15(7-10)20-18(22)13-9-17(21)25-16-8-11(24-2)3-5-12(13)16/h3-9H,1-2H3,(H,20,22). The van der Waals surface area contributed by atoms with Crippen LogP contribution in [-0.4, -0.2) is 20.1 Å². The van der Waals surface area contributed by atoms with E-state index in [1.807, 2.05) is 0 Å². The summed E-state index contributed by atoms with van der Waals surface area (Å²) < 4.78 is 15.4. The molecule has 0 aliphatic carbocycles. The van der Waals surface area contributed by atoms with Gasteiger partial charge in [-0.3, -0.25) is 4.79 Å². The number of carbonyl (C=O) groups is 1. The van der Waals surface area contributed by atoms with E-state index in [9.17, 15) is 9.59 Å². The molecular formula is C18H14ClNO5. The summed E-state index contributed by atoms with van der Waals surface area (Å²) in [7, 11) is 3.01. The van der Waals surface area contributed by atoms with Crippen LogP contribution in [0.3, 0.4) is 0 Å². The van der Waals surface area contributed by atoms with Crippen LogP contribution in [-0.2, 0) is 0 Å². The van der Waals surface area contributed by atoms with Gasteiger partial charge in [0.25, 0.3) is 5.91 Å². The first kappa shape index (κ1) is 16.9. The number of carbonyl (C=O) groups excluding carboxylic acids is 1. The summed E-state index contributed by atoms with van der Waals surface area (Å²) >= 11 is 6.11. The number of methoxy groups -OCH3 is 2. The molecule has 7 heteroatoms. The second kappa shape index (κ2) is 6.86. The number of ether oxygens (including phenoxy) is 2. The van der Waals surface area contributed by atoms with Gasteiger partial charge < -0.3 is 19.2 Å². The number of halogens is 1. The van der Waals surface area contributed by atoms with Gasteiger partial charge in [-0.05, 0) is 24.3 Å². The molecule has 0 saturated heterocycles. The first-order valence-corrected chi connectivity index (χ1v) is 7.66. The predicted octanol–water partition coefficient (Wildman–Crippen LogP) is 3.72. The Labute approximate surface area is 147 Å². The molecule has 1 amide bonds. The molecular weight excluding hydrogens is 346 g/mol. The van der Waals surface area contributed by atoms with Gasteiger partial charge in [0.05, 0.1) is 30.5 Å². The first-order valence-electron chi connectivity index (χ1n) is 7.28. The average molecular weight is 360 g/mol. The normalized spacial score (nSPS) is 10.5. The van der Waals surface area contributed by atoms with Crippen molar-refractivity contribution >= 4 is 34.2 Å². The summed E-state index contributed by atoms with van der Waals surface area (Å²) in [4.78, 5) is 24.5. The van der Waals surface area contributed by atoms with Crippen molar-refractivity contribution in [3.8, 4) is 11.5 Å². The maximum atomic E-state index is 12.7. The van der Waals surface area contributed by atoms with E-state index in [0.29, 0.717) is 27.6 Å². The summed E-state index contributed by atoms with van der Waals surface area (Å²) in [6.07, 6.45) is 0. The molecule has 128 valence electrons. The van der Waals surface area contributed by atoms with Crippen molar-refractivity contribution in [1.29, 1.82) is 0 Å². The van der Waals surface area contributed by atoms with E-state index in [-0.39, 0.29) is 11.1 Å². The van der Waals surface area contributed by atoms with Gasteiger partial charge in [0, 0.05) is 23.6 Å². The highest BCUT2D eigenvalue weighted by molar-refractivity contribution is 6.34. The third-order valence-electron chi connectivity index (χ3n) is 3.62. The third kappa shape index (κ3) is 3.44. The molecule has 0 radical (unpaired) electrons. The summed E-state index contributed by atoms with van der Waals surface area (Å²) in [6, 6.07) is 10.9. The summed E-state index contributed by atoms with van der Waals surface area (Å²) in [6.45, 7) is 0. The van der Waals surface area contributed by atoms with Crippen molar-refractivity contribution in [2.45, 2.75) is 0 Å². The van der Waals surface area contributed by atoms with Crippen LogP contribution < -0.4 is 20.4 Å². The monoisotopic (exact) mass is 359 g/mol. The molecule has 3 aromatic rings. The summed E-state index contributed by atoms with van der Waals surface area (Å²) in [5.41, 5.74) is 0.171. The Bertz CT molecular complexity index is 1010. The van der Waals surface area contributed by atoms with E-state index in [1.54, 1.807) is 36.4 Å². The molecule has 0 unspecified atom stereocenters. The number of hydrogen-bond acceptors (Lipinski definition) is 5. The van der Waals surface area contributed by atoms with E-state index in [1.165, 1.54) is 14.2 Å². The fourth-order valence-corrected chi connectivity index (χ4v) is 2.54. The van der Waals surface area contributed by atoms with Crippen LogP contribution in [0.5, 0.6) is 11.5 Å². The van der Waals surface area contributed by atoms with Crippen molar-refractivity contribution in [3.63, 3.8) is 0 Å². The minimum atomic E-state index is -0.636. The van der Waals surface area contributed by atoms with E-state index in [4.69, 9.17) is 25.5 Å². The minimum Gasteiger partial charge on any atom is -0.497 e. The number of anilines is 1. The van der Waals surface area contributed by atoms with Gasteiger partial charge >= 0.3 is 5.63 Å². The zero-order valence-corrected chi connectivity index (χ0v) is 14.2. The third-order valence-corrected chi connectivity index (χ3v) is 3.95. The zero-order chi connectivity index (χ0) is 18.0. The molecule has 0 saturated carbocycles. The van der Waals surface area contributed by atoms with Crippen LogP contribution >= 0.6 is 11.6 Å². The number of hydrogen-bond donors (Lipinski definition) is 1. The Morgan fingerprint density at radius 3 is 2.44 bits per heavy atom. The van der Waals surface area contributed by atoms with Gasteiger partial charge in [0.15, 0.2) is 0 Å². The molecule has 0 fully saturated rings. The maximum absolute atomic E-state index is 12.7. The molecule has 1 heterocycles. The molecule has 0 aliphatic heterocycles. The molecule has 0 spiro atoms. The minimum absolute atomic E-state index is 0.174. The van der Waals surface area contributed by atoms with Crippen LogP contribution in [0.25, 0.3) is 11.0 Å². The highest BCUT2D eigenvalue weighted by Gasteiger charge is 2.15. The molecule has 0 atom stereocenters. The fourth-order valence-electron chi connectivity index (χ4n) is 2.37. The van der Waals surface area contributed by atoms with Crippen LogP contribution in [0.1, 0.15) is 10.4 Å². The first-order chi connectivity index (χ1) is 12.0. The Hall–Kier alpha value is -2.99. The lowest BCUT2D eigenvalue weighted by molar-refractivity contribution is 0.102. The highest BCUT2D eigenvalue weighted by atomic mass is 35.5. The Kier molecular flexibility index (Phi) is 4.63. The fraction of sp³-hybridized carbons (Fsp3) is 0.111. The maximum Gasteiger partial charge on any atom is 0.337 e. The second-order valence-corrected chi connectivity index (χ2v) is 5.55. The van der Waals surface area contributed by atoms with Crippen molar-refractivity contribution in [2.75, 3.05) is 19.5 Å².